The number of H-pyrrole nitrogens is 1. The zero-order valence-electron chi connectivity index (χ0n) is 14.2. The summed E-state index contributed by atoms with van der Waals surface area (Å²) in [7, 11) is 0. The molecule has 1 rings (SSSR count). The summed E-state index contributed by atoms with van der Waals surface area (Å²) in [6.45, 7) is 11.9. The van der Waals surface area contributed by atoms with Crippen LogP contribution in [0.3, 0.4) is 0 Å². The second-order valence-corrected chi connectivity index (χ2v) is 6.77. The highest BCUT2D eigenvalue weighted by Crippen LogP contribution is 2.14. The number of hydrogen-bond donors (Lipinski definition) is 4. The Labute approximate surface area is 132 Å². The van der Waals surface area contributed by atoms with Crippen molar-refractivity contribution >= 4 is 11.9 Å². The van der Waals surface area contributed by atoms with E-state index in [1.165, 1.54) is 0 Å². The molecule has 0 radical (unpaired) electrons. The molecule has 1 unspecified atom stereocenters. The van der Waals surface area contributed by atoms with Crippen LogP contribution in [0, 0.1) is 11.8 Å². The molecule has 126 valence electrons. The standard InChI is InChI=1S/C15H29N5O2/c1-10(2)11(6-16)7-17-8-12-9-18-20-13(12)19-14(21)22-15(3,4)5/h9-11,17H,6-8,16H2,1-5H3,(H2,18,19,20,21). The molecule has 0 aliphatic carbocycles. The minimum absolute atomic E-state index is 0.425. The van der Waals surface area contributed by atoms with Crippen molar-refractivity contribution in [1.82, 2.24) is 15.5 Å². The second-order valence-electron chi connectivity index (χ2n) is 6.77. The molecule has 7 heteroatoms. The molecule has 5 N–H and O–H groups in total. The quantitative estimate of drug-likeness (QED) is 0.617. The van der Waals surface area contributed by atoms with Gasteiger partial charge in [0.2, 0.25) is 0 Å². The third-order valence-corrected chi connectivity index (χ3v) is 3.31. The first-order valence-electron chi connectivity index (χ1n) is 7.66. The molecule has 0 aromatic carbocycles. The highest BCUT2D eigenvalue weighted by atomic mass is 16.6. The van der Waals surface area contributed by atoms with Crippen molar-refractivity contribution in [2.75, 3.05) is 18.4 Å². The fourth-order valence-corrected chi connectivity index (χ4v) is 1.94. The molecule has 0 spiro atoms. The molecule has 1 atom stereocenters. The monoisotopic (exact) mass is 311 g/mol. The fourth-order valence-electron chi connectivity index (χ4n) is 1.94. The summed E-state index contributed by atoms with van der Waals surface area (Å²) < 4.78 is 5.22. The van der Waals surface area contributed by atoms with Gasteiger partial charge in [-0.1, -0.05) is 13.8 Å². The Morgan fingerprint density at radius 1 is 1.45 bits per heavy atom. The maximum Gasteiger partial charge on any atom is 0.413 e. The predicted molar refractivity (Wildman–Crippen MR) is 87.5 cm³/mol. The fraction of sp³-hybridized carbons (Fsp3) is 0.733. The Morgan fingerprint density at radius 3 is 2.68 bits per heavy atom. The third kappa shape index (κ3) is 6.44. The molecule has 1 aromatic heterocycles. The lowest BCUT2D eigenvalue weighted by Crippen LogP contribution is -2.31. The van der Waals surface area contributed by atoms with Crippen LogP contribution in [0.25, 0.3) is 0 Å². The van der Waals surface area contributed by atoms with E-state index in [9.17, 15) is 4.79 Å². The number of nitrogens with one attached hydrogen (secondary N) is 3. The zero-order valence-corrected chi connectivity index (χ0v) is 14.2. The van der Waals surface area contributed by atoms with Gasteiger partial charge in [0.15, 0.2) is 0 Å². The van der Waals surface area contributed by atoms with Crippen molar-refractivity contribution in [2.24, 2.45) is 17.6 Å². The highest BCUT2D eigenvalue weighted by molar-refractivity contribution is 5.84. The van der Waals surface area contributed by atoms with Gasteiger partial charge in [-0.05, 0) is 45.7 Å². The number of nitrogens with zero attached hydrogens (tertiary/aromatic N) is 1. The van der Waals surface area contributed by atoms with E-state index in [2.05, 4.69) is 34.7 Å². The molecule has 7 nitrogen and oxygen atoms in total. The Morgan fingerprint density at radius 2 is 2.14 bits per heavy atom. The molecule has 1 heterocycles. The van der Waals surface area contributed by atoms with Crippen LogP contribution in [0.1, 0.15) is 40.2 Å². The van der Waals surface area contributed by atoms with Gasteiger partial charge >= 0.3 is 6.09 Å². The van der Waals surface area contributed by atoms with E-state index < -0.39 is 11.7 Å². The molecule has 1 amide bonds. The van der Waals surface area contributed by atoms with Gasteiger partial charge in [0.05, 0.1) is 6.20 Å². The van der Waals surface area contributed by atoms with Crippen LogP contribution in [-0.2, 0) is 11.3 Å². The Hall–Kier alpha value is -1.60. The van der Waals surface area contributed by atoms with E-state index in [0.29, 0.717) is 30.7 Å². The normalized spacial score (nSPS) is 13.2. The van der Waals surface area contributed by atoms with Crippen LogP contribution in [0.15, 0.2) is 6.20 Å². The van der Waals surface area contributed by atoms with Gasteiger partial charge in [-0.2, -0.15) is 5.10 Å². The first-order chi connectivity index (χ1) is 10.2. The van der Waals surface area contributed by atoms with Crippen LogP contribution in [0.2, 0.25) is 0 Å². The Bertz CT molecular complexity index is 465. The summed E-state index contributed by atoms with van der Waals surface area (Å²) in [4.78, 5) is 11.8. The van der Waals surface area contributed by atoms with Crippen LogP contribution >= 0.6 is 0 Å². The van der Waals surface area contributed by atoms with Crippen LogP contribution in [0.4, 0.5) is 10.6 Å². The van der Waals surface area contributed by atoms with E-state index in [0.717, 1.165) is 12.1 Å². The molecule has 0 saturated carbocycles. The third-order valence-electron chi connectivity index (χ3n) is 3.31. The number of ether oxygens (including phenoxy) is 1. The van der Waals surface area contributed by atoms with E-state index in [1.54, 1.807) is 6.20 Å². The van der Waals surface area contributed by atoms with Crippen molar-refractivity contribution < 1.29 is 9.53 Å². The molecule has 0 fully saturated rings. The topological polar surface area (TPSA) is 105 Å². The Kier molecular flexibility index (Phi) is 6.83. The smallest absolute Gasteiger partial charge is 0.413 e. The molecule has 0 saturated heterocycles. The van der Waals surface area contributed by atoms with Crippen molar-refractivity contribution in [3.05, 3.63) is 11.8 Å². The molecule has 0 aliphatic rings. The van der Waals surface area contributed by atoms with Crippen LogP contribution in [-0.4, -0.2) is 35.0 Å². The molecule has 0 bridgehead atoms. The van der Waals surface area contributed by atoms with Crippen molar-refractivity contribution in [1.29, 1.82) is 0 Å². The summed E-state index contributed by atoms with van der Waals surface area (Å²) in [5.41, 5.74) is 6.10. The molecular weight excluding hydrogens is 282 g/mol. The average Bonchev–Trinajstić information content (AvgIpc) is 2.79. The maximum atomic E-state index is 11.8. The number of rotatable bonds is 7. The number of carbonyl (C=O) groups is 1. The van der Waals surface area contributed by atoms with Crippen LogP contribution < -0.4 is 16.4 Å². The molecule has 1 aromatic rings. The summed E-state index contributed by atoms with van der Waals surface area (Å²) in [5, 5.41) is 12.8. The lowest BCUT2D eigenvalue weighted by atomic mass is 9.96. The number of aromatic amines is 1. The van der Waals surface area contributed by atoms with Crippen molar-refractivity contribution in [3.63, 3.8) is 0 Å². The molecule has 22 heavy (non-hydrogen) atoms. The number of amides is 1. The van der Waals surface area contributed by atoms with Crippen molar-refractivity contribution in [3.8, 4) is 0 Å². The summed E-state index contributed by atoms with van der Waals surface area (Å²) >= 11 is 0. The molecule has 0 aliphatic heterocycles. The average molecular weight is 311 g/mol. The van der Waals surface area contributed by atoms with E-state index in [-0.39, 0.29) is 0 Å². The van der Waals surface area contributed by atoms with Gasteiger partial charge in [0.1, 0.15) is 11.4 Å². The largest absolute Gasteiger partial charge is 0.444 e. The first kappa shape index (κ1) is 18.4. The van der Waals surface area contributed by atoms with Crippen LogP contribution in [0.5, 0.6) is 0 Å². The number of nitrogens with two attached hydrogens (primary N) is 1. The van der Waals surface area contributed by atoms with Gasteiger partial charge < -0.3 is 15.8 Å². The SMILES string of the molecule is CC(C)C(CN)CNCc1cn[nH]c1NC(=O)OC(C)(C)C. The van der Waals surface area contributed by atoms with Gasteiger partial charge in [0.25, 0.3) is 0 Å². The number of hydrogen-bond acceptors (Lipinski definition) is 5. The summed E-state index contributed by atoms with van der Waals surface area (Å²) in [5.74, 6) is 1.51. The minimum Gasteiger partial charge on any atom is -0.444 e. The van der Waals surface area contributed by atoms with Gasteiger partial charge in [-0.3, -0.25) is 10.4 Å². The Balaban J connectivity index is 2.50. The minimum atomic E-state index is -0.534. The van der Waals surface area contributed by atoms with Gasteiger partial charge in [0, 0.05) is 12.1 Å². The number of anilines is 1. The summed E-state index contributed by atoms with van der Waals surface area (Å²) in [6, 6.07) is 0. The highest BCUT2D eigenvalue weighted by Gasteiger charge is 2.18. The number of aromatic nitrogens is 2. The maximum absolute atomic E-state index is 11.8. The second kappa shape index (κ2) is 8.14. The molecular formula is C15H29N5O2. The van der Waals surface area contributed by atoms with Gasteiger partial charge in [-0.25, -0.2) is 4.79 Å². The lowest BCUT2D eigenvalue weighted by Gasteiger charge is -2.20. The van der Waals surface area contributed by atoms with E-state index in [1.807, 2.05) is 20.8 Å². The van der Waals surface area contributed by atoms with Gasteiger partial charge in [-0.15, -0.1) is 0 Å². The van der Waals surface area contributed by atoms with Crippen molar-refractivity contribution in [2.45, 2.75) is 46.8 Å². The predicted octanol–water partition coefficient (Wildman–Crippen LogP) is 2.08. The first-order valence-corrected chi connectivity index (χ1v) is 7.66. The van der Waals surface area contributed by atoms with E-state index >= 15 is 0 Å². The summed E-state index contributed by atoms with van der Waals surface area (Å²) in [6.07, 6.45) is 1.19. The lowest BCUT2D eigenvalue weighted by molar-refractivity contribution is 0.0635. The number of carbonyl (C=O) groups excluding carboxylic acids is 1. The zero-order chi connectivity index (χ0) is 16.8. The van der Waals surface area contributed by atoms with E-state index in [4.69, 9.17) is 10.5 Å².